The molecule has 2 N–H and O–H groups in total. The number of hydrogen-bond donors (Lipinski definition) is 2. The standard InChI is InChI=1S/C15H22O4/c1-8-10-9(19-13(8)17)7-14(2)5-4-6-15(3,18)12(14)11(10)16/h9-12,16,18H,1,4-7H2,2-3H3/t9-,10-,11+,12-,14-,15-/m1/s1. The second-order valence-electron chi connectivity index (χ2n) is 7.03. The van der Waals surface area contributed by atoms with E-state index >= 15 is 0 Å². The topological polar surface area (TPSA) is 66.8 Å². The van der Waals surface area contributed by atoms with Crippen molar-refractivity contribution in [1.82, 2.24) is 0 Å². The van der Waals surface area contributed by atoms with E-state index in [0.29, 0.717) is 18.4 Å². The minimum absolute atomic E-state index is 0.173. The second kappa shape index (κ2) is 3.83. The van der Waals surface area contributed by atoms with Crippen LogP contribution in [-0.2, 0) is 9.53 Å². The van der Waals surface area contributed by atoms with Gasteiger partial charge in [0.05, 0.1) is 17.6 Å². The van der Waals surface area contributed by atoms with E-state index in [0.717, 1.165) is 12.8 Å². The minimum atomic E-state index is -0.886. The van der Waals surface area contributed by atoms with Crippen LogP contribution in [0.3, 0.4) is 0 Å². The Hall–Kier alpha value is -0.870. The highest BCUT2D eigenvalue weighted by Crippen LogP contribution is 2.58. The quantitative estimate of drug-likeness (QED) is 0.514. The average Bonchev–Trinajstić information content (AvgIpc) is 2.51. The van der Waals surface area contributed by atoms with Gasteiger partial charge in [-0.05, 0) is 31.6 Å². The van der Waals surface area contributed by atoms with E-state index in [1.165, 1.54) is 0 Å². The zero-order valence-electron chi connectivity index (χ0n) is 11.6. The Balaban J connectivity index is 2.01. The lowest BCUT2D eigenvalue weighted by Gasteiger charge is -2.56. The summed E-state index contributed by atoms with van der Waals surface area (Å²) in [7, 11) is 0. The molecular weight excluding hydrogens is 244 g/mol. The maximum absolute atomic E-state index is 11.7. The highest BCUT2D eigenvalue weighted by atomic mass is 16.6. The lowest BCUT2D eigenvalue weighted by atomic mass is 9.51. The number of carbonyl (C=O) groups is 1. The highest BCUT2D eigenvalue weighted by molar-refractivity contribution is 5.91. The molecule has 3 rings (SSSR count). The fraction of sp³-hybridized carbons (Fsp3) is 0.800. The van der Waals surface area contributed by atoms with E-state index in [-0.39, 0.29) is 23.4 Å². The van der Waals surface area contributed by atoms with Crippen LogP contribution in [0.1, 0.15) is 39.5 Å². The molecule has 106 valence electrons. The van der Waals surface area contributed by atoms with Gasteiger partial charge in [0.1, 0.15) is 6.10 Å². The summed E-state index contributed by atoms with van der Waals surface area (Å²) < 4.78 is 5.35. The van der Waals surface area contributed by atoms with Gasteiger partial charge in [0.2, 0.25) is 0 Å². The number of aliphatic hydroxyl groups is 2. The van der Waals surface area contributed by atoms with Gasteiger partial charge in [-0.15, -0.1) is 0 Å². The van der Waals surface area contributed by atoms with Crippen molar-refractivity contribution in [2.45, 2.75) is 57.3 Å². The van der Waals surface area contributed by atoms with Crippen molar-refractivity contribution in [2.75, 3.05) is 0 Å². The third-order valence-electron chi connectivity index (χ3n) is 5.55. The van der Waals surface area contributed by atoms with Gasteiger partial charge in [-0.3, -0.25) is 0 Å². The van der Waals surface area contributed by atoms with Crippen molar-refractivity contribution >= 4 is 5.97 Å². The maximum atomic E-state index is 11.7. The van der Waals surface area contributed by atoms with Gasteiger partial charge >= 0.3 is 5.97 Å². The molecular formula is C15H22O4. The molecule has 0 aromatic rings. The number of ether oxygens (including phenoxy) is 1. The molecule has 2 aliphatic carbocycles. The van der Waals surface area contributed by atoms with Crippen molar-refractivity contribution in [1.29, 1.82) is 0 Å². The molecule has 4 nitrogen and oxygen atoms in total. The largest absolute Gasteiger partial charge is 0.458 e. The number of aliphatic hydroxyl groups excluding tert-OH is 1. The molecule has 3 aliphatic rings. The third-order valence-corrected chi connectivity index (χ3v) is 5.55. The van der Waals surface area contributed by atoms with Crippen LogP contribution in [0.25, 0.3) is 0 Å². The molecule has 2 saturated carbocycles. The first kappa shape index (κ1) is 13.1. The van der Waals surface area contributed by atoms with Gasteiger partial charge in [-0.1, -0.05) is 19.9 Å². The Morgan fingerprint density at radius 1 is 1.37 bits per heavy atom. The summed E-state index contributed by atoms with van der Waals surface area (Å²) in [6.45, 7) is 7.66. The molecule has 4 heteroatoms. The van der Waals surface area contributed by atoms with Gasteiger partial charge in [0.15, 0.2) is 0 Å². The van der Waals surface area contributed by atoms with Crippen LogP contribution < -0.4 is 0 Å². The molecule has 6 atom stereocenters. The summed E-state index contributed by atoms with van der Waals surface area (Å²) >= 11 is 0. The van der Waals surface area contributed by atoms with E-state index in [9.17, 15) is 15.0 Å². The van der Waals surface area contributed by atoms with Gasteiger partial charge in [0, 0.05) is 11.5 Å². The molecule has 1 aliphatic heterocycles. The molecule has 19 heavy (non-hydrogen) atoms. The Labute approximate surface area is 113 Å². The van der Waals surface area contributed by atoms with Crippen LogP contribution in [0.2, 0.25) is 0 Å². The summed E-state index contributed by atoms with van der Waals surface area (Å²) in [4.78, 5) is 11.7. The molecule has 1 heterocycles. The smallest absolute Gasteiger partial charge is 0.334 e. The maximum Gasteiger partial charge on any atom is 0.334 e. The first-order valence-corrected chi connectivity index (χ1v) is 7.06. The van der Waals surface area contributed by atoms with Crippen molar-refractivity contribution in [2.24, 2.45) is 17.3 Å². The van der Waals surface area contributed by atoms with E-state index in [1.54, 1.807) is 6.92 Å². The lowest BCUT2D eigenvalue weighted by molar-refractivity contribution is -0.194. The van der Waals surface area contributed by atoms with E-state index < -0.39 is 17.7 Å². The van der Waals surface area contributed by atoms with Crippen LogP contribution in [0.15, 0.2) is 12.2 Å². The van der Waals surface area contributed by atoms with Gasteiger partial charge in [0.25, 0.3) is 0 Å². The Kier molecular flexibility index (Phi) is 2.64. The summed E-state index contributed by atoms with van der Waals surface area (Å²) in [6.07, 6.45) is 2.28. The Morgan fingerprint density at radius 2 is 2.05 bits per heavy atom. The SMILES string of the molecule is C=C1C(=O)O[C@@H]2C[C@@]3(C)CCC[C@@](C)(O)[C@@H]3[C@@H](O)[C@H]12. The zero-order valence-corrected chi connectivity index (χ0v) is 11.6. The van der Waals surface area contributed by atoms with Gasteiger partial charge < -0.3 is 14.9 Å². The molecule has 0 bridgehead atoms. The average molecular weight is 266 g/mol. The van der Waals surface area contributed by atoms with Crippen LogP contribution in [0.5, 0.6) is 0 Å². The molecule has 0 aromatic carbocycles. The molecule has 3 fully saturated rings. The first-order valence-electron chi connectivity index (χ1n) is 7.06. The lowest BCUT2D eigenvalue weighted by Crippen LogP contribution is -2.60. The van der Waals surface area contributed by atoms with E-state index in [1.807, 2.05) is 0 Å². The number of hydrogen-bond acceptors (Lipinski definition) is 4. The van der Waals surface area contributed by atoms with Crippen molar-refractivity contribution in [3.05, 3.63) is 12.2 Å². The molecule has 0 spiro atoms. The normalized spacial score (nSPS) is 53.5. The van der Waals surface area contributed by atoms with Crippen LogP contribution in [0.4, 0.5) is 0 Å². The fourth-order valence-electron chi connectivity index (χ4n) is 4.83. The molecule has 0 radical (unpaired) electrons. The molecule has 0 unspecified atom stereocenters. The van der Waals surface area contributed by atoms with E-state index in [4.69, 9.17) is 4.74 Å². The zero-order chi connectivity index (χ0) is 14.0. The highest BCUT2D eigenvalue weighted by Gasteiger charge is 2.61. The van der Waals surface area contributed by atoms with E-state index in [2.05, 4.69) is 13.5 Å². The number of fused-ring (bicyclic) bond motifs is 2. The third kappa shape index (κ3) is 1.69. The van der Waals surface area contributed by atoms with Crippen molar-refractivity contribution in [3.63, 3.8) is 0 Å². The summed E-state index contributed by atoms with van der Waals surface area (Å²) in [5, 5.41) is 21.4. The Bertz CT molecular complexity index is 441. The van der Waals surface area contributed by atoms with Crippen LogP contribution in [-0.4, -0.2) is 34.0 Å². The second-order valence-corrected chi connectivity index (χ2v) is 7.03. The van der Waals surface area contributed by atoms with Gasteiger partial charge in [-0.25, -0.2) is 4.79 Å². The van der Waals surface area contributed by atoms with Gasteiger partial charge in [-0.2, -0.15) is 0 Å². The number of carbonyl (C=O) groups excluding carboxylic acids is 1. The predicted molar refractivity (Wildman–Crippen MR) is 69.2 cm³/mol. The number of esters is 1. The monoisotopic (exact) mass is 266 g/mol. The van der Waals surface area contributed by atoms with Crippen molar-refractivity contribution in [3.8, 4) is 0 Å². The first-order chi connectivity index (χ1) is 8.76. The predicted octanol–water partition coefficient (Wildman–Crippen LogP) is 1.41. The molecule has 0 amide bonds. The molecule has 1 saturated heterocycles. The fourth-order valence-corrected chi connectivity index (χ4v) is 4.83. The van der Waals surface area contributed by atoms with Crippen molar-refractivity contribution < 1.29 is 19.7 Å². The Morgan fingerprint density at radius 3 is 2.74 bits per heavy atom. The number of rotatable bonds is 0. The minimum Gasteiger partial charge on any atom is -0.458 e. The van der Waals surface area contributed by atoms with Crippen LogP contribution in [0, 0.1) is 17.3 Å². The molecule has 0 aromatic heterocycles. The summed E-state index contributed by atoms with van der Waals surface area (Å²) in [5.41, 5.74) is -0.697. The van der Waals surface area contributed by atoms with Crippen LogP contribution >= 0.6 is 0 Å². The summed E-state index contributed by atoms with van der Waals surface area (Å²) in [5.74, 6) is -0.965. The summed E-state index contributed by atoms with van der Waals surface area (Å²) in [6, 6.07) is 0.